The van der Waals surface area contributed by atoms with Crippen LogP contribution in [-0.4, -0.2) is 18.5 Å². The molecule has 0 aliphatic heterocycles. The standard InChI is InChI=1S/C16H11Cl2F2NO3/c17-11-2-1-3-12(18)10(11)7-16(23)24-8-15(22)21-14-6-9(19)4-5-13(14)20/h1-6H,7-8H2,(H,21,22). The SMILES string of the molecule is O=C(COC(=O)Cc1c(Cl)cccc1Cl)Nc1cc(F)ccc1F. The highest BCUT2D eigenvalue weighted by Crippen LogP contribution is 2.24. The molecular weight excluding hydrogens is 363 g/mol. The molecule has 2 aromatic carbocycles. The topological polar surface area (TPSA) is 55.4 Å². The van der Waals surface area contributed by atoms with E-state index in [0.29, 0.717) is 15.6 Å². The Labute approximate surface area is 146 Å². The van der Waals surface area contributed by atoms with Crippen molar-refractivity contribution in [2.45, 2.75) is 6.42 Å². The Kier molecular flexibility index (Phi) is 6.11. The quantitative estimate of drug-likeness (QED) is 0.806. The molecule has 24 heavy (non-hydrogen) atoms. The second-order valence-electron chi connectivity index (χ2n) is 4.71. The molecule has 8 heteroatoms. The van der Waals surface area contributed by atoms with Crippen LogP contribution in [0.25, 0.3) is 0 Å². The minimum atomic E-state index is -0.807. The van der Waals surface area contributed by atoms with E-state index < -0.39 is 30.1 Å². The first-order chi connectivity index (χ1) is 11.4. The predicted octanol–water partition coefficient (Wildman–Crippen LogP) is 4.00. The molecule has 0 aliphatic rings. The lowest BCUT2D eigenvalue weighted by molar-refractivity contribution is -0.146. The van der Waals surface area contributed by atoms with Crippen LogP contribution >= 0.6 is 23.2 Å². The Balaban J connectivity index is 1.89. The summed E-state index contributed by atoms with van der Waals surface area (Å²) in [6.45, 7) is -0.656. The van der Waals surface area contributed by atoms with Gasteiger partial charge in [0.05, 0.1) is 12.1 Å². The molecule has 126 valence electrons. The van der Waals surface area contributed by atoms with E-state index in [1.54, 1.807) is 18.2 Å². The molecule has 0 radical (unpaired) electrons. The average Bonchev–Trinajstić information content (AvgIpc) is 2.53. The highest BCUT2D eigenvalue weighted by Gasteiger charge is 2.14. The molecule has 0 aliphatic carbocycles. The molecule has 0 atom stereocenters. The van der Waals surface area contributed by atoms with Crippen LogP contribution in [0, 0.1) is 11.6 Å². The minimum absolute atomic E-state index is 0.222. The second kappa shape index (κ2) is 8.08. The number of hydrogen-bond acceptors (Lipinski definition) is 3. The van der Waals surface area contributed by atoms with Gasteiger partial charge in [-0.05, 0) is 24.3 Å². The molecule has 0 saturated carbocycles. The van der Waals surface area contributed by atoms with Gasteiger partial charge in [-0.1, -0.05) is 29.3 Å². The van der Waals surface area contributed by atoms with Crippen molar-refractivity contribution < 1.29 is 23.1 Å². The Morgan fingerprint density at radius 2 is 1.75 bits per heavy atom. The highest BCUT2D eigenvalue weighted by atomic mass is 35.5. The zero-order valence-electron chi connectivity index (χ0n) is 12.1. The van der Waals surface area contributed by atoms with Crippen LogP contribution in [-0.2, 0) is 20.7 Å². The summed E-state index contributed by atoms with van der Waals surface area (Å²) in [5.74, 6) is -3.06. The van der Waals surface area contributed by atoms with Gasteiger partial charge in [-0.3, -0.25) is 9.59 Å². The fourth-order valence-electron chi connectivity index (χ4n) is 1.82. The fraction of sp³-hybridized carbons (Fsp3) is 0.125. The van der Waals surface area contributed by atoms with Gasteiger partial charge in [-0.2, -0.15) is 0 Å². The number of halogens is 4. The van der Waals surface area contributed by atoms with E-state index in [2.05, 4.69) is 5.32 Å². The molecule has 0 aromatic heterocycles. The normalized spacial score (nSPS) is 10.3. The van der Waals surface area contributed by atoms with Crippen LogP contribution in [0.1, 0.15) is 5.56 Å². The number of esters is 1. The van der Waals surface area contributed by atoms with Gasteiger partial charge in [0.1, 0.15) is 11.6 Å². The minimum Gasteiger partial charge on any atom is -0.455 e. The van der Waals surface area contributed by atoms with Crippen molar-refractivity contribution in [2.24, 2.45) is 0 Å². The number of anilines is 1. The number of benzene rings is 2. The number of amides is 1. The Morgan fingerprint density at radius 3 is 2.42 bits per heavy atom. The van der Waals surface area contributed by atoms with Gasteiger partial charge in [0.25, 0.3) is 5.91 Å². The molecular formula is C16H11Cl2F2NO3. The average molecular weight is 374 g/mol. The first kappa shape index (κ1) is 18.2. The molecule has 0 spiro atoms. The molecule has 4 nitrogen and oxygen atoms in total. The summed E-state index contributed by atoms with van der Waals surface area (Å²) in [7, 11) is 0. The van der Waals surface area contributed by atoms with Gasteiger partial charge in [0, 0.05) is 21.7 Å². The number of ether oxygens (including phenoxy) is 1. The monoisotopic (exact) mass is 373 g/mol. The van der Waals surface area contributed by atoms with Gasteiger partial charge >= 0.3 is 5.97 Å². The fourth-order valence-corrected chi connectivity index (χ4v) is 2.35. The zero-order chi connectivity index (χ0) is 17.7. The third-order valence-electron chi connectivity index (χ3n) is 2.95. The van der Waals surface area contributed by atoms with E-state index in [1.807, 2.05) is 0 Å². The van der Waals surface area contributed by atoms with Crippen molar-refractivity contribution in [3.8, 4) is 0 Å². The number of rotatable bonds is 5. The number of hydrogen-bond donors (Lipinski definition) is 1. The summed E-state index contributed by atoms with van der Waals surface area (Å²) in [4.78, 5) is 23.4. The van der Waals surface area contributed by atoms with Crippen LogP contribution in [0.15, 0.2) is 36.4 Å². The van der Waals surface area contributed by atoms with Crippen molar-refractivity contribution in [1.29, 1.82) is 0 Å². The molecule has 1 N–H and O–H groups in total. The molecule has 0 bridgehead atoms. The first-order valence-electron chi connectivity index (χ1n) is 6.70. The molecule has 2 aromatic rings. The van der Waals surface area contributed by atoms with Crippen molar-refractivity contribution in [2.75, 3.05) is 11.9 Å². The maximum Gasteiger partial charge on any atom is 0.310 e. The van der Waals surface area contributed by atoms with E-state index in [9.17, 15) is 18.4 Å². The van der Waals surface area contributed by atoms with E-state index in [-0.39, 0.29) is 12.1 Å². The van der Waals surface area contributed by atoms with Crippen LogP contribution in [0.3, 0.4) is 0 Å². The molecule has 0 saturated heterocycles. The van der Waals surface area contributed by atoms with Gasteiger partial charge in [-0.15, -0.1) is 0 Å². The van der Waals surface area contributed by atoms with Crippen molar-refractivity contribution in [3.05, 3.63) is 63.6 Å². The highest BCUT2D eigenvalue weighted by molar-refractivity contribution is 6.36. The van der Waals surface area contributed by atoms with Crippen molar-refractivity contribution in [1.82, 2.24) is 0 Å². The summed E-state index contributed by atoms with van der Waals surface area (Å²) in [6, 6.07) is 7.36. The Hall–Kier alpha value is -2.18. The van der Waals surface area contributed by atoms with Crippen LogP contribution in [0.5, 0.6) is 0 Å². The molecule has 0 unspecified atom stereocenters. The molecule has 0 heterocycles. The third-order valence-corrected chi connectivity index (χ3v) is 3.66. The van der Waals surface area contributed by atoms with Gasteiger partial charge in [-0.25, -0.2) is 8.78 Å². The van der Waals surface area contributed by atoms with Gasteiger partial charge in [0.15, 0.2) is 6.61 Å². The number of carbonyl (C=O) groups is 2. The van der Waals surface area contributed by atoms with Crippen LogP contribution in [0.4, 0.5) is 14.5 Å². The summed E-state index contributed by atoms with van der Waals surface area (Å²) in [6.07, 6.45) is -0.222. The van der Waals surface area contributed by atoms with Gasteiger partial charge < -0.3 is 10.1 Å². The van der Waals surface area contributed by atoms with E-state index in [0.717, 1.165) is 18.2 Å². The first-order valence-corrected chi connectivity index (χ1v) is 7.46. The van der Waals surface area contributed by atoms with E-state index in [1.165, 1.54) is 0 Å². The molecule has 2 rings (SSSR count). The summed E-state index contributed by atoms with van der Waals surface area (Å²) in [5.41, 5.74) is 0.0348. The van der Waals surface area contributed by atoms with E-state index >= 15 is 0 Å². The lowest BCUT2D eigenvalue weighted by Gasteiger charge is -2.09. The maximum absolute atomic E-state index is 13.4. The lowest BCUT2D eigenvalue weighted by atomic mass is 10.1. The van der Waals surface area contributed by atoms with Crippen LogP contribution in [0.2, 0.25) is 10.0 Å². The Morgan fingerprint density at radius 1 is 1.08 bits per heavy atom. The summed E-state index contributed by atoms with van der Waals surface area (Å²) >= 11 is 11.9. The number of carbonyl (C=O) groups excluding carboxylic acids is 2. The van der Waals surface area contributed by atoms with Crippen molar-refractivity contribution >= 4 is 40.8 Å². The summed E-state index contributed by atoms with van der Waals surface area (Å²) < 4.78 is 31.2. The van der Waals surface area contributed by atoms with Crippen molar-refractivity contribution in [3.63, 3.8) is 0 Å². The second-order valence-corrected chi connectivity index (χ2v) is 5.52. The maximum atomic E-state index is 13.4. The largest absolute Gasteiger partial charge is 0.455 e. The smallest absolute Gasteiger partial charge is 0.310 e. The predicted molar refractivity (Wildman–Crippen MR) is 86.1 cm³/mol. The number of nitrogens with one attached hydrogen (secondary N) is 1. The van der Waals surface area contributed by atoms with Crippen LogP contribution < -0.4 is 5.32 Å². The van der Waals surface area contributed by atoms with E-state index in [4.69, 9.17) is 27.9 Å². The summed E-state index contributed by atoms with van der Waals surface area (Å²) in [5, 5.41) is 2.70. The zero-order valence-corrected chi connectivity index (χ0v) is 13.6. The molecule has 0 fully saturated rings. The lowest BCUT2D eigenvalue weighted by Crippen LogP contribution is -2.22. The molecule has 1 amide bonds. The third kappa shape index (κ3) is 4.91. The van der Waals surface area contributed by atoms with Gasteiger partial charge in [0.2, 0.25) is 0 Å². The Bertz CT molecular complexity index is 764.